The average Bonchev–Trinajstić information content (AvgIpc) is 3.07. The maximum absolute atomic E-state index is 6.27. The van der Waals surface area contributed by atoms with Crippen molar-refractivity contribution in [3.63, 3.8) is 0 Å². The zero-order valence-electron chi connectivity index (χ0n) is 33.0. The fraction of sp³-hybridized carbons (Fsp3) is 0.652. The maximum Gasteiger partial charge on any atom is 0.169 e. The number of hydrogen-bond donors (Lipinski definition) is 0. The van der Waals surface area contributed by atoms with Crippen LogP contribution in [0, 0.1) is 0 Å². The molecular formula is C46H74N2O+2. The highest BCUT2D eigenvalue weighted by Crippen LogP contribution is 2.33. The molecule has 0 saturated heterocycles. The minimum absolute atomic E-state index is 0.105. The van der Waals surface area contributed by atoms with Crippen molar-refractivity contribution in [3.8, 4) is 16.9 Å². The quantitative estimate of drug-likeness (QED) is 0.0685. The molecule has 0 aliphatic carbocycles. The van der Waals surface area contributed by atoms with Crippen molar-refractivity contribution in [1.82, 2.24) is 0 Å². The van der Waals surface area contributed by atoms with E-state index in [-0.39, 0.29) is 10.8 Å². The van der Waals surface area contributed by atoms with Gasteiger partial charge in [-0.1, -0.05) is 144 Å². The zero-order chi connectivity index (χ0) is 35.4. The lowest BCUT2D eigenvalue weighted by Gasteiger charge is -2.26. The number of unbranched alkanes of at least 4 members (excludes halogenated alkanes) is 16. The van der Waals surface area contributed by atoms with Gasteiger partial charge in [-0.05, 0) is 58.1 Å². The van der Waals surface area contributed by atoms with E-state index in [4.69, 9.17) is 4.74 Å². The highest BCUT2D eigenvalue weighted by molar-refractivity contribution is 5.60. The fourth-order valence-electron chi connectivity index (χ4n) is 6.58. The van der Waals surface area contributed by atoms with Crippen molar-refractivity contribution in [2.75, 3.05) is 6.61 Å². The van der Waals surface area contributed by atoms with Crippen LogP contribution in [0.4, 0.5) is 0 Å². The Morgan fingerprint density at radius 3 is 1.16 bits per heavy atom. The number of aryl methyl sites for hydroxylation is 2. The molecule has 1 aromatic carbocycles. The molecule has 0 unspecified atom stereocenters. The molecule has 3 rings (SSSR count). The molecule has 0 aliphatic heterocycles. The lowest BCUT2D eigenvalue weighted by molar-refractivity contribution is -0.697. The molecule has 0 atom stereocenters. The molecule has 0 bridgehead atoms. The summed E-state index contributed by atoms with van der Waals surface area (Å²) in [7, 11) is 0. The van der Waals surface area contributed by atoms with Crippen LogP contribution in [0.25, 0.3) is 11.1 Å². The van der Waals surface area contributed by atoms with E-state index in [2.05, 4.69) is 125 Å². The highest BCUT2D eigenvalue weighted by atomic mass is 16.5. The van der Waals surface area contributed by atoms with Crippen molar-refractivity contribution in [3.05, 3.63) is 78.4 Å². The van der Waals surface area contributed by atoms with Gasteiger partial charge in [0.15, 0.2) is 24.8 Å². The van der Waals surface area contributed by atoms with Gasteiger partial charge in [0, 0.05) is 37.1 Å². The molecule has 0 amide bonds. The van der Waals surface area contributed by atoms with Crippen LogP contribution in [0.5, 0.6) is 5.75 Å². The lowest BCUT2D eigenvalue weighted by atomic mass is 9.80. The van der Waals surface area contributed by atoms with Gasteiger partial charge in [0.05, 0.1) is 6.61 Å². The smallest absolute Gasteiger partial charge is 0.169 e. The molecule has 2 heterocycles. The average molecular weight is 671 g/mol. The molecular weight excluding hydrogens is 597 g/mol. The molecule has 0 fully saturated rings. The van der Waals surface area contributed by atoms with Crippen LogP contribution < -0.4 is 13.9 Å². The molecule has 0 aliphatic rings. The van der Waals surface area contributed by atoms with Gasteiger partial charge in [0.25, 0.3) is 0 Å². The molecule has 3 aromatic rings. The molecule has 272 valence electrons. The molecule has 0 N–H and O–H groups in total. The van der Waals surface area contributed by atoms with Crippen molar-refractivity contribution in [2.24, 2.45) is 0 Å². The predicted octanol–water partition coefficient (Wildman–Crippen LogP) is 12.6. The van der Waals surface area contributed by atoms with E-state index in [9.17, 15) is 0 Å². The molecule has 49 heavy (non-hydrogen) atoms. The van der Waals surface area contributed by atoms with E-state index in [1.807, 2.05) is 0 Å². The first kappa shape index (κ1) is 40.7. The Bertz CT molecular complexity index is 1250. The summed E-state index contributed by atoms with van der Waals surface area (Å²) in [6.07, 6.45) is 33.8. The third-order valence-electron chi connectivity index (χ3n) is 10.1. The van der Waals surface area contributed by atoms with Crippen molar-refractivity contribution >= 4 is 0 Å². The van der Waals surface area contributed by atoms with Gasteiger partial charge in [-0.15, -0.1) is 0 Å². The van der Waals surface area contributed by atoms with Crippen LogP contribution in [-0.4, -0.2) is 6.61 Å². The van der Waals surface area contributed by atoms with Crippen LogP contribution in [0.15, 0.2) is 67.3 Å². The second-order valence-electron chi connectivity index (χ2n) is 16.8. The highest BCUT2D eigenvalue weighted by Gasteiger charge is 2.21. The Morgan fingerprint density at radius 1 is 0.449 bits per heavy atom. The van der Waals surface area contributed by atoms with Gasteiger partial charge in [0.2, 0.25) is 0 Å². The van der Waals surface area contributed by atoms with E-state index >= 15 is 0 Å². The topological polar surface area (TPSA) is 17.0 Å². The molecule has 0 spiro atoms. The summed E-state index contributed by atoms with van der Waals surface area (Å²) in [4.78, 5) is 0. The van der Waals surface area contributed by atoms with E-state index in [1.165, 1.54) is 125 Å². The Labute approximate surface area is 302 Å². The Morgan fingerprint density at radius 2 is 0.796 bits per heavy atom. The fourth-order valence-corrected chi connectivity index (χ4v) is 6.58. The van der Waals surface area contributed by atoms with Crippen molar-refractivity contribution in [1.29, 1.82) is 0 Å². The number of aromatic nitrogens is 2. The number of benzene rings is 1. The maximum atomic E-state index is 6.27. The van der Waals surface area contributed by atoms with Crippen molar-refractivity contribution < 1.29 is 13.9 Å². The normalized spacial score (nSPS) is 12.1. The molecule has 3 nitrogen and oxygen atoms in total. The zero-order valence-corrected chi connectivity index (χ0v) is 33.0. The summed E-state index contributed by atoms with van der Waals surface area (Å²) in [6, 6.07) is 15.8. The van der Waals surface area contributed by atoms with E-state index in [1.54, 1.807) is 0 Å². The third-order valence-corrected chi connectivity index (χ3v) is 10.1. The second kappa shape index (κ2) is 22.2. The van der Waals surface area contributed by atoms with Crippen LogP contribution >= 0.6 is 0 Å². The van der Waals surface area contributed by atoms with Crippen molar-refractivity contribution in [2.45, 2.75) is 188 Å². The summed E-state index contributed by atoms with van der Waals surface area (Å²) in [5.41, 5.74) is 5.46. The van der Waals surface area contributed by atoms with Crippen LogP contribution in [-0.2, 0) is 23.9 Å². The summed E-state index contributed by atoms with van der Waals surface area (Å²) in [6.45, 7) is 18.8. The minimum Gasteiger partial charge on any atom is -0.494 e. The molecule has 0 radical (unpaired) electrons. The number of rotatable bonds is 24. The molecule has 0 saturated carbocycles. The summed E-state index contributed by atoms with van der Waals surface area (Å²) in [5, 5.41) is 0. The standard InChI is InChI=1S/C46H74N2O/c1-8-9-10-11-12-13-14-15-16-17-18-19-20-21-22-23-30-47-32-26-40(27-33-47)41-28-34-48(35-29-41)31-24-25-36-49-44-38-42(45(2,3)4)37-43(39-44)46(5,6)7/h26-29,32-35,37-39H,8-25,30-31,36H2,1-7H3/q+2. The lowest BCUT2D eigenvalue weighted by Crippen LogP contribution is -2.33. The van der Waals surface area contributed by atoms with E-state index in [0.29, 0.717) is 0 Å². The van der Waals surface area contributed by atoms with Crippen LogP contribution in [0.3, 0.4) is 0 Å². The molecule has 3 heteroatoms. The number of nitrogens with zero attached hydrogens (tertiary/aromatic N) is 2. The third kappa shape index (κ3) is 16.7. The van der Waals surface area contributed by atoms with Crippen LogP contribution in [0.2, 0.25) is 0 Å². The second-order valence-corrected chi connectivity index (χ2v) is 16.8. The van der Waals surface area contributed by atoms with Gasteiger partial charge < -0.3 is 4.74 Å². The Balaban J connectivity index is 1.25. The first-order valence-electron chi connectivity index (χ1n) is 20.3. The largest absolute Gasteiger partial charge is 0.494 e. The van der Waals surface area contributed by atoms with E-state index < -0.39 is 0 Å². The van der Waals surface area contributed by atoms with Gasteiger partial charge in [-0.3, -0.25) is 0 Å². The van der Waals surface area contributed by atoms with Gasteiger partial charge in [-0.25, -0.2) is 9.13 Å². The van der Waals surface area contributed by atoms with Gasteiger partial charge >= 0.3 is 0 Å². The first-order chi connectivity index (χ1) is 23.6. The predicted molar refractivity (Wildman–Crippen MR) is 210 cm³/mol. The number of ether oxygens (including phenoxy) is 1. The molecule has 2 aromatic heterocycles. The van der Waals surface area contributed by atoms with E-state index in [0.717, 1.165) is 38.3 Å². The Hall–Kier alpha value is -2.68. The SMILES string of the molecule is CCCCCCCCCCCCCCCCCC[n+]1ccc(-c2cc[n+](CCCCOc3cc(C(C)(C)C)cc(C(C)(C)C)c3)cc2)cc1. The number of pyridine rings is 2. The monoisotopic (exact) mass is 671 g/mol. The first-order valence-corrected chi connectivity index (χ1v) is 20.3. The summed E-state index contributed by atoms with van der Waals surface area (Å²) >= 11 is 0. The minimum atomic E-state index is 0.105. The Kier molecular flexibility index (Phi) is 18.5. The summed E-state index contributed by atoms with van der Waals surface area (Å²) in [5.74, 6) is 1.00. The summed E-state index contributed by atoms with van der Waals surface area (Å²) < 4.78 is 10.9. The van der Waals surface area contributed by atoms with Gasteiger partial charge in [0.1, 0.15) is 18.8 Å². The van der Waals surface area contributed by atoms with Crippen LogP contribution in [0.1, 0.15) is 175 Å². The van der Waals surface area contributed by atoms with Gasteiger partial charge in [-0.2, -0.15) is 0 Å². The number of hydrogen-bond acceptors (Lipinski definition) is 1.